The third kappa shape index (κ3) is 1.80. The average Bonchev–Trinajstić information content (AvgIpc) is 2.71. The number of nitrogens with two attached hydrogens (primary N) is 1. The van der Waals surface area contributed by atoms with Crippen LogP contribution in [0.4, 0.5) is 5.69 Å². The van der Waals surface area contributed by atoms with Gasteiger partial charge in [-0.1, -0.05) is 0 Å². The normalized spacial score (nSPS) is 17.8. The number of anilines is 1. The molecule has 0 spiro atoms. The first-order valence-electron chi connectivity index (χ1n) is 5.50. The summed E-state index contributed by atoms with van der Waals surface area (Å²) in [5.74, 6) is 1.79. The molecular weight excluding hydrogens is 204 g/mol. The predicted octanol–water partition coefficient (Wildman–Crippen LogP) is 1.39. The van der Waals surface area contributed by atoms with Gasteiger partial charge in [0.2, 0.25) is 0 Å². The molecule has 1 heterocycles. The van der Waals surface area contributed by atoms with E-state index >= 15 is 0 Å². The topological polar surface area (TPSA) is 56.5 Å². The molecule has 0 bridgehead atoms. The van der Waals surface area contributed by atoms with Gasteiger partial charge in [0.15, 0.2) is 0 Å². The van der Waals surface area contributed by atoms with Crippen molar-refractivity contribution >= 4 is 5.69 Å². The summed E-state index contributed by atoms with van der Waals surface area (Å²) >= 11 is 0. The van der Waals surface area contributed by atoms with Crippen LogP contribution in [0.3, 0.4) is 0 Å². The summed E-state index contributed by atoms with van der Waals surface area (Å²) in [6, 6.07) is 4.27. The molecule has 1 unspecified atom stereocenters. The van der Waals surface area contributed by atoms with E-state index in [9.17, 15) is 0 Å². The Balaban J connectivity index is 2.32. The Kier molecular flexibility index (Phi) is 3.19. The molecular formula is C12H18N2O2. The molecule has 4 nitrogen and oxygen atoms in total. The highest BCUT2D eigenvalue weighted by atomic mass is 16.5. The molecule has 1 atom stereocenters. The fraction of sp³-hybridized carbons (Fsp3) is 0.500. The number of nitrogens with one attached hydrogen (secondary N) is 1. The number of rotatable bonds is 4. The van der Waals surface area contributed by atoms with Gasteiger partial charge >= 0.3 is 0 Å². The van der Waals surface area contributed by atoms with E-state index in [0.717, 1.165) is 30.0 Å². The van der Waals surface area contributed by atoms with Gasteiger partial charge in [-0.05, 0) is 31.5 Å². The zero-order valence-corrected chi connectivity index (χ0v) is 9.75. The molecule has 0 aliphatic carbocycles. The standard InChI is InChI=1S/C12H18N2O2/c1-15-10-3-4-11(16-2)12-9(10)7-8(14-12)5-6-13/h3-4,8,14H,5-7,13H2,1-2H3. The molecule has 1 aliphatic heterocycles. The molecule has 0 saturated heterocycles. The van der Waals surface area contributed by atoms with Gasteiger partial charge in [0.25, 0.3) is 0 Å². The van der Waals surface area contributed by atoms with E-state index < -0.39 is 0 Å². The lowest BCUT2D eigenvalue weighted by Gasteiger charge is -2.11. The zero-order valence-electron chi connectivity index (χ0n) is 9.75. The maximum Gasteiger partial charge on any atom is 0.142 e. The molecule has 0 saturated carbocycles. The molecule has 1 aromatic rings. The minimum Gasteiger partial charge on any atom is -0.496 e. The first-order chi connectivity index (χ1) is 7.80. The van der Waals surface area contributed by atoms with Gasteiger partial charge in [0.1, 0.15) is 11.5 Å². The van der Waals surface area contributed by atoms with Gasteiger partial charge in [0, 0.05) is 11.6 Å². The maximum atomic E-state index is 5.58. The van der Waals surface area contributed by atoms with Gasteiger partial charge in [-0.3, -0.25) is 0 Å². The third-order valence-corrected chi connectivity index (χ3v) is 2.99. The maximum absolute atomic E-state index is 5.58. The first-order valence-corrected chi connectivity index (χ1v) is 5.50. The Hall–Kier alpha value is -1.42. The quantitative estimate of drug-likeness (QED) is 0.808. The summed E-state index contributed by atoms with van der Waals surface area (Å²) in [4.78, 5) is 0. The Morgan fingerprint density at radius 3 is 2.62 bits per heavy atom. The molecule has 0 aromatic heterocycles. The van der Waals surface area contributed by atoms with Crippen molar-refractivity contribution < 1.29 is 9.47 Å². The second kappa shape index (κ2) is 4.61. The number of ether oxygens (including phenoxy) is 2. The fourth-order valence-corrected chi connectivity index (χ4v) is 2.21. The summed E-state index contributed by atoms with van der Waals surface area (Å²) in [5.41, 5.74) is 7.83. The molecule has 1 aromatic carbocycles. The highest BCUT2D eigenvalue weighted by Gasteiger charge is 2.26. The lowest BCUT2D eigenvalue weighted by Crippen LogP contribution is -2.19. The number of benzene rings is 1. The molecule has 4 heteroatoms. The van der Waals surface area contributed by atoms with E-state index in [1.165, 1.54) is 5.56 Å². The molecule has 1 aliphatic rings. The summed E-state index contributed by atoms with van der Waals surface area (Å²) in [5, 5.41) is 3.44. The SMILES string of the molecule is COc1ccc(OC)c2c1CC(CCN)N2. The highest BCUT2D eigenvalue weighted by molar-refractivity contribution is 5.70. The number of fused-ring (bicyclic) bond motifs is 1. The third-order valence-electron chi connectivity index (χ3n) is 2.99. The number of methoxy groups -OCH3 is 2. The summed E-state index contributed by atoms with van der Waals surface area (Å²) in [6.07, 6.45) is 1.91. The van der Waals surface area contributed by atoms with Crippen molar-refractivity contribution in [3.63, 3.8) is 0 Å². The van der Waals surface area contributed by atoms with E-state index in [0.29, 0.717) is 12.6 Å². The van der Waals surface area contributed by atoms with E-state index in [2.05, 4.69) is 5.32 Å². The molecule has 3 N–H and O–H groups in total. The Morgan fingerprint density at radius 2 is 2.00 bits per heavy atom. The zero-order chi connectivity index (χ0) is 11.5. The molecule has 2 rings (SSSR count). The lowest BCUT2D eigenvalue weighted by atomic mass is 10.1. The van der Waals surface area contributed by atoms with Crippen molar-refractivity contribution in [3.8, 4) is 11.5 Å². The number of hydrogen-bond donors (Lipinski definition) is 2. The van der Waals surface area contributed by atoms with Crippen LogP contribution >= 0.6 is 0 Å². The minimum atomic E-state index is 0.394. The van der Waals surface area contributed by atoms with Crippen molar-refractivity contribution in [3.05, 3.63) is 17.7 Å². The minimum absolute atomic E-state index is 0.394. The van der Waals surface area contributed by atoms with Crippen molar-refractivity contribution in [1.29, 1.82) is 0 Å². The van der Waals surface area contributed by atoms with Crippen molar-refractivity contribution in [2.24, 2.45) is 5.73 Å². The van der Waals surface area contributed by atoms with E-state index in [1.807, 2.05) is 12.1 Å². The van der Waals surface area contributed by atoms with Crippen LogP contribution in [0.15, 0.2) is 12.1 Å². The molecule has 0 fully saturated rings. The fourth-order valence-electron chi connectivity index (χ4n) is 2.21. The molecule has 0 radical (unpaired) electrons. The summed E-state index contributed by atoms with van der Waals surface area (Å²) in [6.45, 7) is 0.691. The van der Waals surface area contributed by atoms with Crippen LogP contribution in [-0.4, -0.2) is 26.8 Å². The van der Waals surface area contributed by atoms with E-state index in [-0.39, 0.29) is 0 Å². The van der Waals surface area contributed by atoms with Crippen LogP contribution in [0.2, 0.25) is 0 Å². The smallest absolute Gasteiger partial charge is 0.142 e. The van der Waals surface area contributed by atoms with Gasteiger partial charge in [-0.15, -0.1) is 0 Å². The predicted molar refractivity (Wildman–Crippen MR) is 64.3 cm³/mol. The summed E-state index contributed by atoms with van der Waals surface area (Å²) in [7, 11) is 3.37. The average molecular weight is 222 g/mol. The second-order valence-electron chi connectivity index (χ2n) is 3.95. The first kappa shape index (κ1) is 11.1. The van der Waals surface area contributed by atoms with Crippen LogP contribution in [0.5, 0.6) is 11.5 Å². The van der Waals surface area contributed by atoms with Crippen LogP contribution in [0.25, 0.3) is 0 Å². The van der Waals surface area contributed by atoms with Crippen molar-refractivity contribution in [2.75, 3.05) is 26.1 Å². The van der Waals surface area contributed by atoms with Crippen LogP contribution < -0.4 is 20.5 Å². The monoisotopic (exact) mass is 222 g/mol. The van der Waals surface area contributed by atoms with Gasteiger partial charge in [-0.25, -0.2) is 0 Å². The highest BCUT2D eigenvalue weighted by Crippen LogP contribution is 2.41. The Bertz CT molecular complexity index is 347. The van der Waals surface area contributed by atoms with E-state index in [1.54, 1.807) is 14.2 Å². The van der Waals surface area contributed by atoms with Gasteiger partial charge in [0.05, 0.1) is 19.9 Å². The Labute approximate surface area is 95.7 Å². The van der Waals surface area contributed by atoms with Crippen molar-refractivity contribution in [1.82, 2.24) is 0 Å². The van der Waals surface area contributed by atoms with Gasteiger partial charge in [-0.2, -0.15) is 0 Å². The van der Waals surface area contributed by atoms with Crippen LogP contribution in [0, 0.1) is 0 Å². The van der Waals surface area contributed by atoms with Crippen LogP contribution in [0.1, 0.15) is 12.0 Å². The molecule has 88 valence electrons. The number of hydrogen-bond acceptors (Lipinski definition) is 4. The van der Waals surface area contributed by atoms with Gasteiger partial charge < -0.3 is 20.5 Å². The lowest BCUT2D eigenvalue weighted by molar-refractivity contribution is 0.402. The molecule has 0 amide bonds. The van der Waals surface area contributed by atoms with Crippen molar-refractivity contribution in [2.45, 2.75) is 18.9 Å². The summed E-state index contributed by atoms with van der Waals surface area (Å²) < 4.78 is 10.7. The largest absolute Gasteiger partial charge is 0.496 e. The molecule has 16 heavy (non-hydrogen) atoms. The second-order valence-corrected chi connectivity index (χ2v) is 3.95. The van der Waals surface area contributed by atoms with E-state index in [4.69, 9.17) is 15.2 Å². The Morgan fingerprint density at radius 1 is 1.31 bits per heavy atom. The van der Waals surface area contributed by atoms with Crippen LogP contribution in [-0.2, 0) is 6.42 Å².